The second-order valence-corrected chi connectivity index (χ2v) is 7.28. The van der Waals surface area contributed by atoms with Gasteiger partial charge in [-0.05, 0) is 25.2 Å². The van der Waals surface area contributed by atoms with Gasteiger partial charge in [-0.1, -0.05) is 0 Å². The van der Waals surface area contributed by atoms with Gasteiger partial charge in [-0.3, -0.25) is 9.89 Å². The van der Waals surface area contributed by atoms with E-state index in [1.807, 2.05) is 0 Å². The highest BCUT2D eigenvalue weighted by atomic mass is 32.2. The molecule has 2 N–H and O–H groups in total. The van der Waals surface area contributed by atoms with Gasteiger partial charge < -0.3 is 9.64 Å². The van der Waals surface area contributed by atoms with Crippen molar-refractivity contribution in [1.82, 2.24) is 19.8 Å². The number of hydrogen-bond donors (Lipinski definition) is 2. The van der Waals surface area contributed by atoms with Gasteiger partial charge >= 0.3 is 0 Å². The lowest BCUT2D eigenvalue weighted by Crippen LogP contribution is -2.35. The summed E-state index contributed by atoms with van der Waals surface area (Å²) in [5.41, 5.74) is 2.31. The molecule has 0 atom stereocenters. The van der Waals surface area contributed by atoms with E-state index < -0.39 is 10.0 Å². The van der Waals surface area contributed by atoms with E-state index in [0.717, 1.165) is 11.3 Å². The van der Waals surface area contributed by atoms with E-state index in [-0.39, 0.29) is 16.6 Å². The fourth-order valence-electron chi connectivity index (χ4n) is 2.71. The van der Waals surface area contributed by atoms with E-state index in [0.29, 0.717) is 25.1 Å². The summed E-state index contributed by atoms with van der Waals surface area (Å²) in [4.78, 5) is 14.4. The molecule has 0 unspecified atom stereocenters. The Morgan fingerprint density at radius 2 is 2.21 bits per heavy atom. The molecular formula is C15H18N4O4S. The Labute approximate surface area is 139 Å². The molecule has 0 aliphatic carbocycles. The number of nitrogens with zero attached hydrogens (tertiary/aromatic N) is 2. The van der Waals surface area contributed by atoms with E-state index in [2.05, 4.69) is 14.9 Å². The second-order valence-electron chi connectivity index (χ2n) is 5.42. The number of fused-ring (bicyclic) bond motifs is 1. The van der Waals surface area contributed by atoms with Crippen LogP contribution in [0.4, 0.5) is 0 Å². The minimum Gasteiger partial charge on any atom is -0.495 e. The molecule has 2 heterocycles. The predicted molar refractivity (Wildman–Crippen MR) is 86.3 cm³/mol. The minimum absolute atomic E-state index is 0.0561. The fourth-order valence-corrected chi connectivity index (χ4v) is 3.63. The fraction of sp³-hybridized carbons (Fsp3) is 0.333. The van der Waals surface area contributed by atoms with Crippen molar-refractivity contribution in [2.75, 3.05) is 20.7 Å². The van der Waals surface area contributed by atoms with Crippen LogP contribution in [0.15, 0.2) is 29.3 Å². The third-order valence-corrected chi connectivity index (χ3v) is 5.49. The molecule has 1 aliphatic rings. The SMILES string of the molecule is CNS(=O)(=O)c1cc(C(=O)N2CCc3[nH]ncc3C2)ccc1OC. The summed E-state index contributed by atoms with van der Waals surface area (Å²) in [5.74, 6) is -0.0336. The van der Waals surface area contributed by atoms with Crippen LogP contribution in [0.2, 0.25) is 0 Å². The number of ether oxygens (including phenoxy) is 1. The molecule has 3 rings (SSSR count). The average molecular weight is 350 g/mol. The molecule has 0 bridgehead atoms. The van der Waals surface area contributed by atoms with Gasteiger partial charge in [-0.2, -0.15) is 5.10 Å². The average Bonchev–Trinajstić information content (AvgIpc) is 3.08. The maximum absolute atomic E-state index is 12.7. The summed E-state index contributed by atoms with van der Waals surface area (Å²) in [7, 11) is -1.03. The Morgan fingerprint density at radius 1 is 1.42 bits per heavy atom. The Morgan fingerprint density at radius 3 is 2.92 bits per heavy atom. The van der Waals surface area contributed by atoms with Crippen LogP contribution in [0.5, 0.6) is 5.75 Å². The van der Waals surface area contributed by atoms with Crippen molar-refractivity contribution in [3.05, 3.63) is 41.2 Å². The van der Waals surface area contributed by atoms with E-state index in [9.17, 15) is 13.2 Å². The summed E-state index contributed by atoms with van der Waals surface area (Å²) in [6.45, 7) is 0.999. The highest BCUT2D eigenvalue weighted by Crippen LogP contribution is 2.26. The molecule has 0 saturated carbocycles. The molecule has 24 heavy (non-hydrogen) atoms. The van der Waals surface area contributed by atoms with Gasteiger partial charge in [0.25, 0.3) is 5.91 Å². The van der Waals surface area contributed by atoms with Gasteiger partial charge in [0.1, 0.15) is 10.6 Å². The van der Waals surface area contributed by atoms with Gasteiger partial charge in [-0.25, -0.2) is 13.1 Å². The Kier molecular flexibility index (Phi) is 4.29. The van der Waals surface area contributed by atoms with Crippen molar-refractivity contribution in [3.63, 3.8) is 0 Å². The van der Waals surface area contributed by atoms with Crippen LogP contribution < -0.4 is 9.46 Å². The first kappa shape index (κ1) is 16.5. The minimum atomic E-state index is -3.73. The third-order valence-electron chi connectivity index (χ3n) is 4.06. The zero-order valence-electron chi connectivity index (χ0n) is 13.4. The molecule has 1 aliphatic heterocycles. The van der Waals surface area contributed by atoms with Crippen LogP contribution in [0.25, 0.3) is 0 Å². The summed E-state index contributed by atoms with van der Waals surface area (Å²) in [6.07, 6.45) is 2.40. The van der Waals surface area contributed by atoms with E-state index in [1.54, 1.807) is 17.2 Å². The number of amides is 1. The predicted octanol–water partition coefficient (Wildman–Crippen LogP) is 0.525. The largest absolute Gasteiger partial charge is 0.495 e. The van der Waals surface area contributed by atoms with E-state index in [1.165, 1.54) is 26.3 Å². The van der Waals surface area contributed by atoms with Crippen LogP contribution in [0.3, 0.4) is 0 Å². The number of aromatic amines is 1. The third kappa shape index (κ3) is 2.87. The molecule has 1 aromatic heterocycles. The van der Waals surface area contributed by atoms with Crippen molar-refractivity contribution < 1.29 is 17.9 Å². The number of aromatic nitrogens is 2. The number of methoxy groups -OCH3 is 1. The van der Waals surface area contributed by atoms with Gasteiger partial charge in [0.2, 0.25) is 10.0 Å². The number of benzene rings is 1. The molecule has 9 heteroatoms. The molecular weight excluding hydrogens is 332 g/mol. The molecule has 1 aromatic carbocycles. The summed E-state index contributed by atoms with van der Waals surface area (Å²) >= 11 is 0. The maximum Gasteiger partial charge on any atom is 0.254 e. The van der Waals surface area contributed by atoms with Gasteiger partial charge in [0.15, 0.2) is 0 Å². The lowest BCUT2D eigenvalue weighted by Gasteiger charge is -2.26. The molecule has 0 radical (unpaired) electrons. The Balaban J connectivity index is 1.92. The summed E-state index contributed by atoms with van der Waals surface area (Å²) in [6, 6.07) is 4.41. The number of carbonyl (C=O) groups is 1. The number of H-pyrrole nitrogens is 1. The first-order valence-electron chi connectivity index (χ1n) is 7.38. The molecule has 0 spiro atoms. The number of hydrogen-bond acceptors (Lipinski definition) is 5. The van der Waals surface area contributed by atoms with Crippen molar-refractivity contribution in [2.45, 2.75) is 17.9 Å². The molecule has 1 amide bonds. The highest BCUT2D eigenvalue weighted by Gasteiger charge is 2.25. The molecule has 8 nitrogen and oxygen atoms in total. The zero-order valence-corrected chi connectivity index (χ0v) is 14.2. The van der Waals surface area contributed by atoms with Gasteiger partial charge in [-0.15, -0.1) is 0 Å². The lowest BCUT2D eigenvalue weighted by atomic mass is 10.1. The van der Waals surface area contributed by atoms with Crippen molar-refractivity contribution >= 4 is 15.9 Å². The zero-order chi connectivity index (χ0) is 17.3. The Bertz CT molecular complexity index is 875. The smallest absolute Gasteiger partial charge is 0.254 e. The molecule has 2 aromatic rings. The van der Waals surface area contributed by atoms with Crippen LogP contribution in [0.1, 0.15) is 21.6 Å². The first-order chi connectivity index (χ1) is 11.5. The van der Waals surface area contributed by atoms with E-state index in [4.69, 9.17) is 4.74 Å². The van der Waals surface area contributed by atoms with Crippen LogP contribution in [0, 0.1) is 0 Å². The van der Waals surface area contributed by atoms with Crippen molar-refractivity contribution in [1.29, 1.82) is 0 Å². The number of carbonyl (C=O) groups excluding carboxylic acids is 1. The lowest BCUT2D eigenvalue weighted by molar-refractivity contribution is 0.0734. The van der Waals surface area contributed by atoms with Crippen LogP contribution >= 0.6 is 0 Å². The van der Waals surface area contributed by atoms with Gasteiger partial charge in [0.05, 0.1) is 13.3 Å². The van der Waals surface area contributed by atoms with Gasteiger partial charge in [0, 0.05) is 36.3 Å². The summed E-state index contributed by atoms with van der Waals surface area (Å²) < 4.78 is 31.6. The number of nitrogens with one attached hydrogen (secondary N) is 2. The van der Waals surface area contributed by atoms with Crippen molar-refractivity contribution in [2.24, 2.45) is 0 Å². The van der Waals surface area contributed by atoms with Crippen LogP contribution in [-0.4, -0.2) is 50.1 Å². The topological polar surface area (TPSA) is 104 Å². The molecule has 0 fully saturated rings. The highest BCUT2D eigenvalue weighted by molar-refractivity contribution is 7.89. The quantitative estimate of drug-likeness (QED) is 0.837. The standard InChI is InChI=1S/C15H18N4O4S/c1-16-24(21,22)14-7-10(3-4-13(14)23-2)15(20)19-6-5-12-11(9-19)8-17-18-12/h3-4,7-8,16H,5-6,9H2,1-2H3,(H,17,18). The first-order valence-corrected chi connectivity index (χ1v) is 8.86. The second kappa shape index (κ2) is 6.25. The van der Waals surface area contributed by atoms with Crippen molar-refractivity contribution in [3.8, 4) is 5.75 Å². The maximum atomic E-state index is 12.7. The number of rotatable bonds is 4. The molecule has 128 valence electrons. The number of sulfonamides is 1. The normalized spacial score (nSPS) is 14.3. The monoisotopic (exact) mass is 350 g/mol. The summed E-state index contributed by atoms with van der Waals surface area (Å²) in [5, 5.41) is 6.90. The van der Waals surface area contributed by atoms with E-state index >= 15 is 0 Å². The Hall–Kier alpha value is -2.39. The molecule has 0 saturated heterocycles. The van der Waals surface area contributed by atoms with Crippen LogP contribution in [-0.2, 0) is 23.0 Å².